The van der Waals surface area contributed by atoms with Gasteiger partial charge in [-0.25, -0.2) is 0 Å². The van der Waals surface area contributed by atoms with Gasteiger partial charge in [-0.3, -0.25) is 0 Å². The number of aliphatic hydroxyl groups excluding tert-OH is 1. The molecule has 1 nitrogen and oxygen atoms in total. The molecule has 0 bridgehead atoms. The van der Waals surface area contributed by atoms with E-state index in [2.05, 4.69) is 6.58 Å². The van der Waals surface area contributed by atoms with Gasteiger partial charge in [0.1, 0.15) is 0 Å². The van der Waals surface area contributed by atoms with Gasteiger partial charge >= 0.3 is 0 Å². The smallest absolute Gasteiger partial charge is 0.0808 e. The van der Waals surface area contributed by atoms with Crippen LogP contribution in [0.1, 0.15) is 0 Å². The minimum atomic E-state index is -0.324. The molecule has 0 spiro atoms. The highest BCUT2D eigenvalue weighted by Gasteiger charge is 1.91. The van der Waals surface area contributed by atoms with Crippen molar-refractivity contribution in [3.8, 4) is 0 Å². The van der Waals surface area contributed by atoms with Gasteiger partial charge in [0.15, 0.2) is 0 Å². The molecule has 1 unspecified atom stereocenters. The van der Waals surface area contributed by atoms with Crippen molar-refractivity contribution in [3.63, 3.8) is 0 Å². The maximum Gasteiger partial charge on any atom is 0.0808 e. The van der Waals surface area contributed by atoms with Crippen LogP contribution in [-0.2, 0) is 0 Å². The number of hydrogen-bond donors (Lipinski definition) is 1. The largest absolute Gasteiger partial charge is 0.388 e. The Morgan fingerprint density at radius 3 is 2.71 bits per heavy atom. The Labute approximate surface area is 48.4 Å². The summed E-state index contributed by atoms with van der Waals surface area (Å²) in [6.45, 7) is 3.42. The van der Waals surface area contributed by atoms with Crippen LogP contribution in [0.4, 0.5) is 0 Å². The topological polar surface area (TPSA) is 20.2 Å². The van der Waals surface area contributed by atoms with E-state index in [1.807, 2.05) is 6.26 Å². The maximum atomic E-state index is 8.72. The van der Waals surface area contributed by atoms with Gasteiger partial charge in [0.2, 0.25) is 0 Å². The Hall–Kier alpha value is 0.0500. The minimum absolute atomic E-state index is 0.324. The number of aliphatic hydroxyl groups is 1. The highest BCUT2D eigenvalue weighted by molar-refractivity contribution is 7.98. The molecule has 0 aromatic heterocycles. The zero-order valence-corrected chi connectivity index (χ0v) is 5.24. The van der Waals surface area contributed by atoms with Crippen LogP contribution in [0, 0.1) is 0 Å². The molecule has 0 aromatic carbocycles. The molecule has 0 saturated heterocycles. The third-order valence-electron chi connectivity index (χ3n) is 0.610. The summed E-state index contributed by atoms with van der Waals surface area (Å²) in [7, 11) is 0. The van der Waals surface area contributed by atoms with Gasteiger partial charge in [-0.1, -0.05) is 6.08 Å². The van der Waals surface area contributed by atoms with Crippen molar-refractivity contribution in [2.45, 2.75) is 6.10 Å². The standard InChI is InChI=1S/C5H10OS/c1-3-5(6)4-7-2/h3,5-6H,1,4H2,2H3. The first kappa shape index (κ1) is 7.05. The third-order valence-corrected chi connectivity index (χ3v) is 1.28. The Bertz CT molecular complexity index is 54.0. The van der Waals surface area contributed by atoms with E-state index in [-0.39, 0.29) is 6.10 Å². The summed E-state index contributed by atoms with van der Waals surface area (Å²) in [5.74, 6) is 0.753. The monoisotopic (exact) mass is 118 g/mol. The van der Waals surface area contributed by atoms with E-state index in [1.54, 1.807) is 11.8 Å². The van der Waals surface area contributed by atoms with Crippen molar-refractivity contribution in [2.24, 2.45) is 0 Å². The molecule has 0 amide bonds. The van der Waals surface area contributed by atoms with Crippen molar-refractivity contribution in [2.75, 3.05) is 12.0 Å². The summed E-state index contributed by atoms with van der Waals surface area (Å²) in [6, 6.07) is 0. The summed E-state index contributed by atoms with van der Waals surface area (Å²) in [5, 5.41) is 8.72. The summed E-state index contributed by atoms with van der Waals surface area (Å²) in [5.41, 5.74) is 0. The molecule has 0 heterocycles. The minimum Gasteiger partial charge on any atom is -0.388 e. The molecule has 0 fully saturated rings. The first-order valence-electron chi connectivity index (χ1n) is 2.10. The zero-order valence-electron chi connectivity index (χ0n) is 4.42. The Morgan fingerprint density at radius 1 is 2.00 bits per heavy atom. The van der Waals surface area contributed by atoms with Crippen LogP contribution < -0.4 is 0 Å². The van der Waals surface area contributed by atoms with E-state index < -0.39 is 0 Å². The van der Waals surface area contributed by atoms with Crippen molar-refractivity contribution >= 4 is 11.8 Å². The van der Waals surface area contributed by atoms with E-state index >= 15 is 0 Å². The molecule has 0 aliphatic heterocycles. The van der Waals surface area contributed by atoms with Crippen molar-refractivity contribution in [3.05, 3.63) is 12.7 Å². The van der Waals surface area contributed by atoms with E-state index in [9.17, 15) is 0 Å². The molecule has 2 heteroatoms. The summed E-state index contributed by atoms with van der Waals surface area (Å²) >= 11 is 1.61. The molecular formula is C5H10OS. The van der Waals surface area contributed by atoms with Gasteiger partial charge in [0.05, 0.1) is 6.10 Å². The second kappa shape index (κ2) is 4.22. The fourth-order valence-corrected chi connectivity index (χ4v) is 0.716. The lowest BCUT2D eigenvalue weighted by atomic mass is 10.4. The van der Waals surface area contributed by atoms with E-state index in [0.29, 0.717) is 0 Å². The first-order chi connectivity index (χ1) is 3.31. The van der Waals surface area contributed by atoms with Crippen LogP contribution in [0.2, 0.25) is 0 Å². The summed E-state index contributed by atoms with van der Waals surface area (Å²) < 4.78 is 0. The van der Waals surface area contributed by atoms with Crippen molar-refractivity contribution in [1.29, 1.82) is 0 Å². The second-order valence-electron chi connectivity index (χ2n) is 1.26. The van der Waals surface area contributed by atoms with Crippen LogP contribution in [0.25, 0.3) is 0 Å². The summed E-state index contributed by atoms with van der Waals surface area (Å²) in [4.78, 5) is 0. The first-order valence-corrected chi connectivity index (χ1v) is 3.50. The molecule has 1 N–H and O–H groups in total. The lowest BCUT2D eigenvalue weighted by Gasteiger charge is -1.97. The van der Waals surface area contributed by atoms with Crippen LogP contribution in [0.15, 0.2) is 12.7 Å². The highest BCUT2D eigenvalue weighted by atomic mass is 32.2. The van der Waals surface area contributed by atoms with Crippen LogP contribution in [0.3, 0.4) is 0 Å². The van der Waals surface area contributed by atoms with Gasteiger partial charge in [0.25, 0.3) is 0 Å². The average molecular weight is 118 g/mol. The zero-order chi connectivity index (χ0) is 5.70. The molecule has 0 aromatic rings. The quantitative estimate of drug-likeness (QED) is 0.555. The summed E-state index contributed by atoms with van der Waals surface area (Å²) in [6.07, 6.45) is 3.17. The van der Waals surface area contributed by atoms with Crippen molar-refractivity contribution < 1.29 is 5.11 Å². The molecule has 0 rings (SSSR count). The van der Waals surface area contributed by atoms with Gasteiger partial charge in [-0.15, -0.1) is 6.58 Å². The lowest BCUT2D eigenvalue weighted by Crippen LogP contribution is -2.03. The Balaban J connectivity index is 2.98. The molecule has 1 atom stereocenters. The van der Waals surface area contributed by atoms with Crippen LogP contribution in [-0.4, -0.2) is 23.2 Å². The van der Waals surface area contributed by atoms with Gasteiger partial charge in [0, 0.05) is 5.75 Å². The third kappa shape index (κ3) is 3.89. The highest BCUT2D eigenvalue weighted by Crippen LogP contribution is 1.95. The van der Waals surface area contributed by atoms with Crippen LogP contribution >= 0.6 is 11.8 Å². The normalized spacial score (nSPS) is 13.4. The van der Waals surface area contributed by atoms with Crippen molar-refractivity contribution in [1.82, 2.24) is 0 Å². The maximum absolute atomic E-state index is 8.72. The fraction of sp³-hybridized carbons (Fsp3) is 0.600. The molecule has 7 heavy (non-hydrogen) atoms. The molecule has 42 valence electrons. The van der Waals surface area contributed by atoms with E-state index in [0.717, 1.165) is 5.75 Å². The van der Waals surface area contributed by atoms with Gasteiger partial charge in [-0.2, -0.15) is 11.8 Å². The van der Waals surface area contributed by atoms with E-state index in [4.69, 9.17) is 5.11 Å². The Kier molecular flexibility index (Phi) is 4.25. The molecule has 0 radical (unpaired) electrons. The predicted molar refractivity (Wildman–Crippen MR) is 34.6 cm³/mol. The second-order valence-corrected chi connectivity index (χ2v) is 2.17. The Morgan fingerprint density at radius 2 is 2.57 bits per heavy atom. The predicted octanol–water partition coefficient (Wildman–Crippen LogP) is 0.896. The lowest BCUT2D eigenvalue weighted by molar-refractivity contribution is 0.249. The average Bonchev–Trinajstić information content (AvgIpc) is 1.68. The molecule has 0 aliphatic carbocycles. The molecule has 0 saturated carbocycles. The molecule has 0 aliphatic rings. The van der Waals surface area contributed by atoms with Gasteiger partial charge in [-0.05, 0) is 6.26 Å². The van der Waals surface area contributed by atoms with Crippen LogP contribution in [0.5, 0.6) is 0 Å². The fourth-order valence-electron chi connectivity index (χ4n) is 0.239. The molecular weight excluding hydrogens is 108 g/mol. The SMILES string of the molecule is C=CC(O)CSC. The van der Waals surface area contributed by atoms with Gasteiger partial charge < -0.3 is 5.11 Å². The number of rotatable bonds is 3. The number of thioether (sulfide) groups is 1. The van der Waals surface area contributed by atoms with E-state index in [1.165, 1.54) is 6.08 Å². The number of hydrogen-bond acceptors (Lipinski definition) is 2.